The third-order valence-corrected chi connectivity index (χ3v) is 2.63. The van der Waals surface area contributed by atoms with Gasteiger partial charge in [0.05, 0.1) is 5.56 Å². The van der Waals surface area contributed by atoms with E-state index in [1.54, 1.807) is 12.1 Å². The van der Waals surface area contributed by atoms with Crippen molar-refractivity contribution in [2.24, 2.45) is 0 Å². The van der Waals surface area contributed by atoms with E-state index < -0.39 is 5.66 Å². The molecule has 0 bridgehead atoms. The number of anilines is 1. The van der Waals surface area contributed by atoms with Gasteiger partial charge in [0.2, 0.25) is 5.91 Å². The number of rotatable bonds is 1. The van der Waals surface area contributed by atoms with Crippen LogP contribution in [0.1, 0.15) is 31.1 Å². The Kier molecular flexibility index (Phi) is 2.53. The summed E-state index contributed by atoms with van der Waals surface area (Å²) in [6.45, 7) is 5.04. The van der Waals surface area contributed by atoms with E-state index in [9.17, 15) is 9.59 Å². The van der Waals surface area contributed by atoms with Crippen molar-refractivity contribution in [1.82, 2.24) is 10.4 Å². The van der Waals surface area contributed by atoms with Gasteiger partial charge in [-0.1, -0.05) is 12.1 Å². The third kappa shape index (κ3) is 1.95. The highest BCUT2D eigenvalue weighted by molar-refractivity contribution is 6.02. The summed E-state index contributed by atoms with van der Waals surface area (Å²) in [6, 6.07) is 7.24. The lowest BCUT2D eigenvalue weighted by Crippen LogP contribution is -2.62. The molecule has 1 heterocycles. The van der Waals surface area contributed by atoms with Gasteiger partial charge in [-0.05, 0) is 26.0 Å². The number of nitrogens with one attached hydrogen (secondary N) is 2. The van der Waals surface area contributed by atoms with Crippen molar-refractivity contribution in [3.63, 3.8) is 0 Å². The van der Waals surface area contributed by atoms with E-state index in [4.69, 9.17) is 0 Å². The molecule has 1 aliphatic rings. The van der Waals surface area contributed by atoms with Gasteiger partial charge in [0, 0.05) is 12.6 Å². The van der Waals surface area contributed by atoms with Crippen molar-refractivity contribution in [1.29, 1.82) is 0 Å². The first-order valence-corrected chi connectivity index (χ1v) is 5.41. The second kappa shape index (κ2) is 3.76. The van der Waals surface area contributed by atoms with Gasteiger partial charge in [0.1, 0.15) is 5.66 Å². The second-order valence-corrected chi connectivity index (χ2v) is 4.54. The first kappa shape index (κ1) is 11.4. The number of fused-ring (bicyclic) bond motifs is 1. The molecule has 0 aliphatic carbocycles. The Bertz CT molecular complexity index is 482. The summed E-state index contributed by atoms with van der Waals surface area (Å²) in [5.41, 5.74) is 3.23. The summed E-state index contributed by atoms with van der Waals surface area (Å²) in [5, 5.41) is 4.53. The van der Waals surface area contributed by atoms with Gasteiger partial charge in [0.15, 0.2) is 0 Å². The molecule has 1 aliphatic heterocycles. The Balaban J connectivity index is 2.43. The zero-order valence-corrected chi connectivity index (χ0v) is 10.1. The maximum absolute atomic E-state index is 12.2. The molecule has 0 fully saturated rings. The summed E-state index contributed by atoms with van der Waals surface area (Å²) in [7, 11) is 0. The Hall–Kier alpha value is -2.04. The molecule has 1 aromatic carbocycles. The lowest BCUT2D eigenvalue weighted by molar-refractivity contribution is -0.124. The lowest BCUT2D eigenvalue weighted by atomic mass is 10.0. The van der Waals surface area contributed by atoms with Crippen LogP contribution in [0.2, 0.25) is 0 Å². The molecule has 0 atom stereocenters. The van der Waals surface area contributed by atoms with Crippen LogP contribution in [0.4, 0.5) is 5.69 Å². The van der Waals surface area contributed by atoms with Gasteiger partial charge in [-0.3, -0.25) is 15.0 Å². The average molecular weight is 233 g/mol. The normalized spacial score (nSPS) is 17.1. The Morgan fingerprint density at radius 2 is 2.00 bits per heavy atom. The number of benzene rings is 1. The smallest absolute Gasteiger partial charge is 0.276 e. The molecule has 5 heteroatoms. The molecule has 0 spiro atoms. The monoisotopic (exact) mass is 233 g/mol. The van der Waals surface area contributed by atoms with Gasteiger partial charge >= 0.3 is 0 Å². The maximum atomic E-state index is 12.2. The number of hydrazine groups is 1. The molecule has 0 saturated carbocycles. The third-order valence-electron chi connectivity index (χ3n) is 2.63. The van der Waals surface area contributed by atoms with Gasteiger partial charge in [-0.2, -0.15) is 0 Å². The molecule has 1 aromatic rings. The minimum Gasteiger partial charge on any atom is -0.361 e. The molecule has 0 unspecified atom stereocenters. The number of para-hydroxylation sites is 1. The second-order valence-electron chi connectivity index (χ2n) is 4.54. The van der Waals surface area contributed by atoms with Crippen molar-refractivity contribution in [3.05, 3.63) is 29.8 Å². The molecule has 90 valence electrons. The van der Waals surface area contributed by atoms with Gasteiger partial charge in [0.25, 0.3) is 5.91 Å². The zero-order chi connectivity index (χ0) is 12.6. The number of hydrogen-bond acceptors (Lipinski definition) is 3. The Morgan fingerprint density at radius 1 is 1.35 bits per heavy atom. The van der Waals surface area contributed by atoms with E-state index in [0.717, 1.165) is 5.69 Å². The van der Waals surface area contributed by atoms with E-state index in [-0.39, 0.29) is 11.8 Å². The highest BCUT2D eigenvalue weighted by Crippen LogP contribution is 2.29. The van der Waals surface area contributed by atoms with Crippen LogP contribution in [0.15, 0.2) is 24.3 Å². The topological polar surface area (TPSA) is 61.4 Å². The van der Waals surface area contributed by atoms with Crippen LogP contribution >= 0.6 is 0 Å². The van der Waals surface area contributed by atoms with E-state index >= 15 is 0 Å². The minimum atomic E-state index is -0.656. The van der Waals surface area contributed by atoms with Crippen molar-refractivity contribution in [2.75, 3.05) is 5.32 Å². The van der Waals surface area contributed by atoms with Crippen molar-refractivity contribution >= 4 is 17.5 Å². The van der Waals surface area contributed by atoms with E-state index in [0.29, 0.717) is 5.56 Å². The van der Waals surface area contributed by atoms with Crippen LogP contribution in [0.3, 0.4) is 0 Å². The number of hydrogen-bond donors (Lipinski definition) is 2. The van der Waals surface area contributed by atoms with Crippen LogP contribution in [0.5, 0.6) is 0 Å². The summed E-state index contributed by atoms with van der Waals surface area (Å²) in [4.78, 5) is 23.4. The van der Waals surface area contributed by atoms with E-state index in [1.807, 2.05) is 26.0 Å². The highest BCUT2D eigenvalue weighted by atomic mass is 16.2. The number of carbonyl (C=O) groups is 2. The largest absolute Gasteiger partial charge is 0.361 e. The quantitative estimate of drug-likeness (QED) is 0.769. The van der Waals surface area contributed by atoms with Crippen molar-refractivity contribution in [3.8, 4) is 0 Å². The molecule has 2 N–H and O–H groups in total. The molecule has 0 radical (unpaired) electrons. The molecular weight excluding hydrogens is 218 g/mol. The number of carbonyl (C=O) groups excluding carboxylic acids is 2. The molecule has 0 saturated heterocycles. The number of nitrogens with zero attached hydrogens (tertiary/aromatic N) is 1. The molecule has 2 amide bonds. The first-order chi connectivity index (χ1) is 7.92. The predicted molar refractivity (Wildman–Crippen MR) is 64.1 cm³/mol. The minimum absolute atomic E-state index is 0.209. The summed E-state index contributed by atoms with van der Waals surface area (Å²) < 4.78 is 0. The fourth-order valence-corrected chi connectivity index (χ4v) is 1.89. The van der Waals surface area contributed by atoms with Crippen LogP contribution in [-0.4, -0.2) is 22.5 Å². The zero-order valence-electron chi connectivity index (χ0n) is 10.1. The Morgan fingerprint density at radius 3 is 2.65 bits per heavy atom. The molecule has 2 rings (SSSR count). The molecule has 17 heavy (non-hydrogen) atoms. The summed E-state index contributed by atoms with van der Waals surface area (Å²) in [6.07, 6.45) is 0. The molecular formula is C12H15N3O2. The highest BCUT2D eigenvalue weighted by Gasteiger charge is 2.38. The summed E-state index contributed by atoms with van der Waals surface area (Å²) >= 11 is 0. The van der Waals surface area contributed by atoms with E-state index in [1.165, 1.54) is 11.9 Å². The van der Waals surface area contributed by atoms with E-state index in [2.05, 4.69) is 10.7 Å². The first-order valence-electron chi connectivity index (χ1n) is 5.41. The predicted octanol–water partition coefficient (Wildman–Crippen LogP) is 1.34. The van der Waals surface area contributed by atoms with Crippen molar-refractivity contribution < 1.29 is 9.59 Å². The molecule has 0 aromatic heterocycles. The standard InChI is InChI=1S/C12H15N3O2/c1-8(16)14-15-11(17)9-6-4-5-7-10(9)13-12(15,2)3/h4-7,13H,1-3H3,(H,14,16). The Labute approximate surface area is 99.8 Å². The maximum Gasteiger partial charge on any atom is 0.276 e. The van der Waals surface area contributed by atoms with Gasteiger partial charge in [-0.25, -0.2) is 5.01 Å². The van der Waals surface area contributed by atoms with Crippen LogP contribution in [0, 0.1) is 0 Å². The van der Waals surface area contributed by atoms with Gasteiger partial charge in [-0.15, -0.1) is 0 Å². The summed E-state index contributed by atoms with van der Waals surface area (Å²) in [5.74, 6) is -0.479. The number of amides is 2. The van der Waals surface area contributed by atoms with Crippen LogP contribution < -0.4 is 10.7 Å². The van der Waals surface area contributed by atoms with Crippen LogP contribution in [0.25, 0.3) is 0 Å². The molecule has 5 nitrogen and oxygen atoms in total. The SMILES string of the molecule is CC(=O)NN1C(=O)c2ccccc2NC1(C)C. The van der Waals surface area contributed by atoms with Crippen molar-refractivity contribution in [2.45, 2.75) is 26.4 Å². The van der Waals surface area contributed by atoms with Gasteiger partial charge < -0.3 is 5.32 Å². The average Bonchev–Trinajstić information content (AvgIpc) is 2.23. The fraction of sp³-hybridized carbons (Fsp3) is 0.333. The lowest BCUT2D eigenvalue weighted by Gasteiger charge is -2.43. The fourth-order valence-electron chi connectivity index (χ4n) is 1.89. The van der Waals surface area contributed by atoms with Crippen LogP contribution in [-0.2, 0) is 4.79 Å².